The molecule has 1 amide bonds. The number of rotatable bonds is 8. The van der Waals surface area contributed by atoms with Crippen LogP contribution in [0.3, 0.4) is 0 Å². The number of halogens is 1. The average molecular weight is 371 g/mol. The highest BCUT2D eigenvalue weighted by Crippen LogP contribution is 2.16. The summed E-state index contributed by atoms with van der Waals surface area (Å²) in [5.74, 6) is 1.39. The zero-order valence-electron chi connectivity index (χ0n) is 14.5. The lowest BCUT2D eigenvalue weighted by molar-refractivity contribution is -0.118. The number of carbonyl (C=O) groups is 1. The maximum atomic E-state index is 11.9. The van der Waals surface area contributed by atoms with E-state index in [1.165, 1.54) is 0 Å². The average Bonchev–Trinajstić information content (AvgIpc) is 2.51. The summed E-state index contributed by atoms with van der Waals surface area (Å²) in [7, 11) is 0. The predicted molar refractivity (Wildman–Crippen MR) is 102 cm³/mol. The zero-order chi connectivity index (χ0) is 17.4. The Morgan fingerprint density at radius 3 is 2.83 bits per heavy atom. The molecule has 1 N–H and O–H groups in total. The molecule has 0 aliphatic carbocycles. The van der Waals surface area contributed by atoms with Gasteiger partial charge in [-0.15, -0.1) is 11.8 Å². The number of nitrogens with zero attached hydrogens (tertiary/aromatic N) is 1. The van der Waals surface area contributed by atoms with E-state index < -0.39 is 0 Å². The van der Waals surface area contributed by atoms with E-state index in [2.05, 4.69) is 24.1 Å². The molecule has 1 aromatic rings. The smallest absolute Gasteiger partial charge is 0.230 e. The number of thioether (sulfide) groups is 1. The SMILES string of the molecule is CC1CN(CCCNC(=O)CSCc2cccc(Cl)c2)CC(C)O1. The van der Waals surface area contributed by atoms with Gasteiger partial charge in [0.25, 0.3) is 0 Å². The first kappa shape index (κ1) is 19.6. The molecule has 1 aliphatic heterocycles. The van der Waals surface area contributed by atoms with Crippen LogP contribution in [-0.2, 0) is 15.3 Å². The summed E-state index contributed by atoms with van der Waals surface area (Å²) in [5.41, 5.74) is 1.15. The Morgan fingerprint density at radius 2 is 2.12 bits per heavy atom. The van der Waals surface area contributed by atoms with E-state index in [9.17, 15) is 4.79 Å². The molecule has 24 heavy (non-hydrogen) atoms. The first-order chi connectivity index (χ1) is 11.5. The molecule has 0 radical (unpaired) electrons. The molecular formula is C18H27ClN2O2S. The van der Waals surface area contributed by atoms with Gasteiger partial charge in [0.05, 0.1) is 18.0 Å². The summed E-state index contributed by atoms with van der Waals surface area (Å²) >= 11 is 7.56. The Bertz CT molecular complexity index is 519. The maximum Gasteiger partial charge on any atom is 0.230 e. The van der Waals surface area contributed by atoms with Crippen molar-refractivity contribution in [1.82, 2.24) is 10.2 Å². The molecule has 1 fully saturated rings. The van der Waals surface area contributed by atoms with Gasteiger partial charge in [-0.3, -0.25) is 9.69 Å². The summed E-state index contributed by atoms with van der Waals surface area (Å²) in [5, 5.41) is 3.74. The number of nitrogens with one attached hydrogen (secondary N) is 1. The fourth-order valence-electron chi connectivity index (χ4n) is 2.94. The van der Waals surface area contributed by atoms with Crippen LogP contribution < -0.4 is 5.32 Å². The molecule has 0 saturated carbocycles. The van der Waals surface area contributed by atoms with Crippen molar-refractivity contribution in [2.45, 2.75) is 38.2 Å². The molecule has 0 aromatic heterocycles. The third-order valence-corrected chi connectivity index (χ3v) is 5.10. The molecule has 1 saturated heterocycles. The molecular weight excluding hydrogens is 344 g/mol. The second kappa shape index (κ2) is 10.3. The lowest BCUT2D eigenvalue weighted by atomic mass is 10.2. The quantitative estimate of drug-likeness (QED) is 0.713. The van der Waals surface area contributed by atoms with Gasteiger partial charge in [0.1, 0.15) is 0 Å². The van der Waals surface area contributed by atoms with Crippen molar-refractivity contribution in [3.05, 3.63) is 34.9 Å². The molecule has 134 valence electrons. The second-order valence-corrected chi connectivity index (χ2v) is 7.77. The summed E-state index contributed by atoms with van der Waals surface area (Å²) in [4.78, 5) is 14.3. The largest absolute Gasteiger partial charge is 0.373 e. The van der Waals surface area contributed by atoms with E-state index in [0.29, 0.717) is 18.0 Å². The molecule has 6 heteroatoms. The van der Waals surface area contributed by atoms with Crippen molar-refractivity contribution in [1.29, 1.82) is 0 Å². The minimum atomic E-state index is 0.103. The predicted octanol–water partition coefficient (Wildman–Crippen LogP) is 3.19. The van der Waals surface area contributed by atoms with Crippen molar-refractivity contribution < 1.29 is 9.53 Å². The lowest BCUT2D eigenvalue weighted by Gasteiger charge is -2.35. The van der Waals surface area contributed by atoms with Gasteiger partial charge >= 0.3 is 0 Å². The summed E-state index contributed by atoms with van der Waals surface area (Å²) in [6, 6.07) is 7.77. The van der Waals surface area contributed by atoms with Gasteiger partial charge in [0.2, 0.25) is 5.91 Å². The van der Waals surface area contributed by atoms with Gasteiger partial charge in [-0.05, 0) is 38.0 Å². The highest BCUT2D eigenvalue weighted by Gasteiger charge is 2.21. The van der Waals surface area contributed by atoms with Crippen LogP contribution in [0.25, 0.3) is 0 Å². The standard InChI is InChI=1S/C18H27ClN2O2S/c1-14-10-21(11-15(2)23-14)8-4-7-20-18(22)13-24-12-16-5-3-6-17(19)9-16/h3,5-6,9,14-15H,4,7-8,10-13H2,1-2H3,(H,20,22). The van der Waals surface area contributed by atoms with Crippen molar-refractivity contribution in [2.75, 3.05) is 31.9 Å². The van der Waals surface area contributed by atoms with E-state index in [1.54, 1.807) is 11.8 Å². The van der Waals surface area contributed by atoms with Crippen LogP contribution in [0.2, 0.25) is 5.02 Å². The Kier molecular flexibility index (Phi) is 8.39. The monoisotopic (exact) mass is 370 g/mol. The molecule has 4 nitrogen and oxygen atoms in total. The first-order valence-corrected chi connectivity index (χ1v) is 10.0. The molecule has 0 spiro atoms. The summed E-state index contributed by atoms with van der Waals surface area (Å²) < 4.78 is 5.73. The van der Waals surface area contributed by atoms with E-state index >= 15 is 0 Å². The topological polar surface area (TPSA) is 41.6 Å². The van der Waals surface area contributed by atoms with Gasteiger partial charge in [0.15, 0.2) is 0 Å². The fourth-order valence-corrected chi connectivity index (χ4v) is 3.95. The number of ether oxygens (including phenoxy) is 1. The van der Waals surface area contributed by atoms with E-state index in [-0.39, 0.29) is 5.91 Å². The maximum absolute atomic E-state index is 11.9. The van der Waals surface area contributed by atoms with Crippen LogP contribution in [0.1, 0.15) is 25.8 Å². The minimum absolute atomic E-state index is 0.103. The third kappa shape index (κ3) is 7.43. The molecule has 1 aliphatic rings. The van der Waals surface area contributed by atoms with Gasteiger partial charge in [-0.2, -0.15) is 0 Å². The van der Waals surface area contributed by atoms with E-state index in [1.807, 2.05) is 24.3 Å². The number of hydrogen-bond donors (Lipinski definition) is 1. The van der Waals surface area contributed by atoms with Gasteiger partial charge in [0, 0.05) is 37.0 Å². The molecule has 1 aromatic carbocycles. The molecule has 1 heterocycles. The van der Waals surface area contributed by atoms with Crippen LogP contribution in [0.5, 0.6) is 0 Å². The number of morpholine rings is 1. The zero-order valence-corrected chi connectivity index (χ0v) is 16.0. The lowest BCUT2D eigenvalue weighted by Crippen LogP contribution is -2.46. The first-order valence-electron chi connectivity index (χ1n) is 8.49. The van der Waals surface area contributed by atoms with Crippen LogP contribution in [0, 0.1) is 0 Å². The van der Waals surface area contributed by atoms with E-state index in [0.717, 1.165) is 48.9 Å². The van der Waals surface area contributed by atoms with Crippen molar-refractivity contribution in [2.24, 2.45) is 0 Å². The Labute approximate surface area is 154 Å². The highest BCUT2D eigenvalue weighted by atomic mass is 35.5. The Hall–Kier alpha value is -0.750. The molecule has 0 bridgehead atoms. The summed E-state index contributed by atoms with van der Waals surface area (Å²) in [6.07, 6.45) is 1.57. The van der Waals surface area contributed by atoms with Crippen LogP contribution in [0.4, 0.5) is 0 Å². The van der Waals surface area contributed by atoms with Gasteiger partial charge in [-0.1, -0.05) is 23.7 Å². The Morgan fingerprint density at radius 1 is 1.38 bits per heavy atom. The summed E-state index contributed by atoms with van der Waals surface area (Å²) in [6.45, 7) is 7.93. The fraction of sp³-hybridized carbons (Fsp3) is 0.611. The Balaban J connectivity index is 1.53. The third-order valence-electron chi connectivity index (χ3n) is 3.86. The van der Waals surface area contributed by atoms with Crippen molar-refractivity contribution >= 4 is 29.3 Å². The second-order valence-electron chi connectivity index (χ2n) is 6.34. The number of hydrogen-bond acceptors (Lipinski definition) is 4. The van der Waals surface area contributed by atoms with Gasteiger partial charge in [-0.25, -0.2) is 0 Å². The molecule has 2 unspecified atom stereocenters. The van der Waals surface area contributed by atoms with Crippen molar-refractivity contribution in [3.63, 3.8) is 0 Å². The minimum Gasteiger partial charge on any atom is -0.373 e. The number of amides is 1. The van der Waals surface area contributed by atoms with Crippen LogP contribution in [0.15, 0.2) is 24.3 Å². The van der Waals surface area contributed by atoms with Crippen molar-refractivity contribution in [3.8, 4) is 0 Å². The normalized spacial score (nSPS) is 21.6. The number of benzene rings is 1. The van der Waals surface area contributed by atoms with Crippen LogP contribution >= 0.6 is 23.4 Å². The van der Waals surface area contributed by atoms with Gasteiger partial charge < -0.3 is 10.1 Å². The number of carbonyl (C=O) groups excluding carboxylic acids is 1. The van der Waals surface area contributed by atoms with Crippen LogP contribution in [-0.4, -0.2) is 54.9 Å². The molecule has 2 rings (SSSR count). The van der Waals surface area contributed by atoms with E-state index in [4.69, 9.17) is 16.3 Å². The highest BCUT2D eigenvalue weighted by molar-refractivity contribution is 7.99. The molecule has 2 atom stereocenters.